The maximum absolute atomic E-state index is 4.58. The van der Waals surface area contributed by atoms with E-state index in [0.29, 0.717) is 0 Å². The molecule has 0 radical (unpaired) electrons. The molecule has 0 unspecified atom stereocenters. The second-order valence-electron chi connectivity index (χ2n) is 5.39. The Morgan fingerprint density at radius 1 is 1.44 bits per heavy atom. The van der Waals surface area contributed by atoms with Crippen LogP contribution in [-0.4, -0.2) is 24.1 Å². The zero-order valence-corrected chi connectivity index (χ0v) is 11.0. The quantitative estimate of drug-likeness (QED) is 0.824. The van der Waals surface area contributed by atoms with E-state index in [1.165, 1.54) is 24.0 Å². The minimum Gasteiger partial charge on any atom is -0.352 e. The van der Waals surface area contributed by atoms with Crippen molar-refractivity contribution >= 4 is 5.82 Å². The van der Waals surface area contributed by atoms with Crippen LogP contribution in [0.1, 0.15) is 31.7 Å². The summed E-state index contributed by atoms with van der Waals surface area (Å²) in [4.78, 5) is 6.97. The Balaban J connectivity index is 1.73. The van der Waals surface area contributed by atoms with Crippen LogP contribution in [0, 0.1) is 0 Å². The molecule has 1 aliphatic carbocycles. The fraction of sp³-hybridized carbons (Fsp3) is 0.533. The number of anilines is 1. The molecule has 3 nitrogen and oxygen atoms in total. The maximum atomic E-state index is 4.58. The molecule has 0 bridgehead atoms. The van der Waals surface area contributed by atoms with E-state index >= 15 is 0 Å². The summed E-state index contributed by atoms with van der Waals surface area (Å²) in [5.41, 5.74) is 2.83. The summed E-state index contributed by atoms with van der Waals surface area (Å²) in [6, 6.07) is 4.99. The Bertz CT molecular complexity index is 449. The van der Waals surface area contributed by atoms with Crippen molar-refractivity contribution in [1.29, 1.82) is 0 Å². The van der Waals surface area contributed by atoms with E-state index in [4.69, 9.17) is 0 Å². The molecule has 1 aliphatic heterocycles. The van der Waals surface area contributed by atoms with E-state index in [2.05, 4.69) is 34.3 Å². The highest BCUT2D eigenvalue weighted by molar-refractivity contribution is 5.48. The fourth-order valence-corrected chi connectivity index (χ4v) is 2.36. The van der Waals surface area contributed by atoms with Gasteiger partial charge in [0.05, 0.1) is 0 Å². The van der Waals surface area contributed by atoms with Crippen LogP contribution in [0.2, 0.25) is 0 Å². The summed E-state index contributed by atoms with van der Waals surface area (Å²) >= 11 is 0. The first kappa shape index (κ1) is 11.7. The Labute approximate surface area is 109 Å². The Morgan fingerprint density at radius 2 is 2.33 bits per heavy atom. The minimum absolute atomic E-state index is 0.751. The molecule has 18 heavy (non-hydrogen) atoms. The van der Waals surface area contributed by atoms with Crippen LogP contribution in [0.5, 0.6) is 0 Å². The van der Waals surface area contributed by atoms with Gasteiger partial charge in [-0.15, -0.1) is 0 Å². The van der Waals surface area contributed by atoms with Crippen molar-refractivity contribution in [3.63, 3.8) is 0 Å². The number of rotatable bonds is 4. The van der Waals surface area contributed by atoms with Crippen LogP contribution in [0.25, 0.3) is 0 Å². The van der Waals surface area contributed by atoms with Crippen molar-refractivity contribution in [2.24, 2.45) is 0 Å². The molecular formula is C15H21N3. The van der Waals surface area contributed by atoms with E-state index in [1.807, 2.05) is 12.3 Å². The predicted octanol–water partition coefficient (Wildman–Crippen LogP) is 2.49. The first-order valence-electron chi connectivity index (χ1n) is 6.91. The van der Waals surface area contributed by atoms with Crippen molar-refractivity contribution in [3.8, 4) is 0 Å². The second kappa shape index (κ2) is 5.11. The summed E-state index contributed by atoms with van der Waals surface area (Å²) in [7, 11) is 0. The minimum atomic E-state index is 0.751. The topological polar surface area (TPSA) is 28.2 Å². The summed E-state index contributed by atoms with van der Waals surface area (Å²) in [5.74, 6) is 1.16. The summed E-state index contributed by atoms with van der Waals surface area (Å²) in [5, 5.41) is 3.58. The SMILES string of the molecule is CC1=CCN(c2ncccc2CNC2CC2)CC1. The van der Waals surface area contributed by atoms with Crippen LogP contribution in [0.3, 0.4) is 0 Å². The third-order valence-electron chi connectivity index (χ3n) is 3.76. The van der Waals surface area contributed by atoms with Crippen LogP contribution < -0.4 is 10.2 Å². The highest BCUT2D eigenvalue weighted by atomic mass is 15.2. The first-order chi connectivity index (χ1) is 8.83. The summed E-state index contributed by atoms with van der Waals surface area (Å²) in [6.07, 6.45) is 8.05. The van der Waals surface area contributed by atoms with Crippen molar-refractivity contribution < 1.29 is 0 Å². The van der Waals surface area contributed by atoms with Crippen molar-refractivity contribution in [3.05, 3.63) is 35.5 Å². The molecular weight excluding hydrogens is 222 g/mol. The monoisotopic (exact) mass is 243 g/mol. The van der Waals surface area contributed by atoms with E-state index in [-0.39, 0.29) is 0 Å². The molecule has 2 heterocycles. The zero-order chi connectivity index (χ0) is 12.4. The maximum Gasteiger partial charge on any atom is 0.133 e. The number of aromatic nitrogens is 1. The lowest BCUT2D eigenvalue weighted by atomic mass is 10.1. The zero-order valence-electron chi connectivity index (χ0n) is 11.0. The Kier molecular flexibility index (Phi) is 3.33. The Morgan fingerprint density at radius 3 is 3.06 bits per heavy atom. The molecule has 3 heteroatoms. The molecule has 0 aromatic carbocycles. The molecule has 0 atom stereocenters. The van der Waals surface area contributed by atoms with Crippen LogP contribution in [0.15, 0.2) is 30.0 Å². The number of hydrogen-bond acceptors (Lipinski definition) is 3. The molecule has 1 fully saturated rings. The second-order valence-corrected chi connectivity index (χ2v) is 5.39. The summed E-state index contributed by atoms with van der Waals surface area (Å²) in [6.45, 7) is 5.26. The lowest BCUT2D eigenvalue weighted by Crippen LogP contribution is -2.30. The lowest BCUT2D eigenvalue weighted by molar-refractivity contribution is 0.678. The molecule has 1 N–H and O–H groups in total. The molecule has 1 aromatic heterocycles. The molecule has 0 amide bonds. The largest absolute Gasteiger partial charge is 0.352 e. The van der Waals surface area contributed by atoms with E-state index in [1.54, 1.807) is 0 Å². The van der Waals surface area contributed by atoms with E-state index < -0.39 is 0 Å². The molecule has 0 spiro atoms. The van der Waals surface area contributed by atoms with Crippen molar-refractivity contribution in [2.75, 3.05) is 18.0 Å². The van der Waals surface area contributed by atoms with E-state index in [9.17, 15) is 0 Å². The van der Waals surface area contributed by atoms with Crippen molar-refractivity contribution in [2.45, 2.75) is 38.8 Å². The Hall–Kier alpha value is -1.35. The molecule has 0 saturated heterocycles. The molecule has 3 rings (SSSR count). The highest BCUT2D eigenvalue weighted by Crippen LogP contribution is 2.23. The van der Waals surface area contributed by atoms with Gasteiger partial charge < -0.3 is 10.2 Å². The molecule has 1 aromatic rings. The average molecular weight is 243 g/mol. The van der Waals surface area contributed by atoms with Gasteiger partial charge in [-0.3, -0.25) is 0 Å². The highest BCUT2D eigenvalue weighted by Gasteiger charge is 2.21. The number of nitrogens with zero attached hydrogens (tertiary/aromatic N) is 2. The van der Waals surface area contributed by atoms with Gasteiger partial charge in [0.15, 0.2) is 0 Å². The third-order valence-corrected chi connectivity index (χ3v) is 3.76. The fourth-order valence-electron chi connectivity index (χ4n) is 2.36. The summed E-state index contributed by atoms with van der Waals surface area (Å²) < 4.78 is 0. The van der Waals surface area contributed by atoms with Crippen LogP contribution in [0.4, 0.5) is 5.82 Å². The third kappa shape index (κ3) is 2.72. The number of nitrogens with one attached hydrogen (secondary N) is 1. The van der Waals surface area contributed by atoms with Crippen LogP contribution >= 0.6 is 0 Å². The van der Waals surface area contributed by atoms with Crippen molar-refractivity contribution in [1.82, 2.24) is 10.3 Å². The number of hydrogen-bond donors (Lipinski definition) is 1. The normalized spacial score (nSPS) is 19.8. The van der Waals surface area contributed by atoms with Gasteiger partial charge in [0.25, 0.3) is 0 Å². The molecule has 96 valence electrons. The standard InChI is InChI=1S/C15H21N3/c1-12-6-9-18(10-7-12)15-13(3-2-8-16-15)11-17-14-4-5-14/h2-3,6,8,14,17H,4-5,7,9-11H2,1H3. The molecule has 1 saturated carbocycles. The predicted molar refractivity (Wildman–Crippen MR) is 74.7 cm³/mol. The van der Waals surface area contributed by atoms with Gasteiger partial charge in [0, 0.05) is 37.4 Å². The van der Waals surface area contributed by atoms with E-state index in [0.717, 1.165) is 37.9 Å². The van der Waals surface area contributed by atoms with Gasteiger partial charge in [-0.1, -0.05) is 17.7 Å². The van der Waals surface area contributed by atoms with Gasteiger partial charge in [-0.05, 0) is 32.3 Å². The average Bonchev–Trinajstić information content (AvgIpc) is 3.22. The first-order valence-corrected chi connectivity index (χ1v) is 6.91. The number of pyridine rings is 1. The smallest absolute Gasteiger partial charge is 0.133 e. The molecule has 2 aliphatic rings. The van der Waals surface area contributed by atoms with Gasteiger partial charge in [0.1, 0.15) is 5.82 Å². The van der Waals surface area contributed by atoms with Gasteiger partial charge in [-0.2, -0.15) is 0 Å². The van der Waals surface area contributed by atoms with Gasteiger partial charge in [-0.25, -0.2) is 4.98 Å². The van der Waals surface area contributed by atoms with Gasteiger partial charge in [0.2, 0.25) is 0 Å². The van der Waals surface area contributed by atoms with Crippen LogP contribution in [-0.2, 0) is 6.54 Å². The lowest BCUT2D eigenvalue weighted by Gasteiger charge is -2.28. The van der Waals surface area contributed by atoms with Gasteiger partial charge >= 0.3 is 0 Å².